The molecule has 0 saturated carbocycles. The van der Waals surface area contributed by atoms with Crippen LogP contribution in [0.3, 0.4) is 0 Å². The van der Waals surface area contributed by atoms with E-state index < -0.39 is 0 Å². The fourth-order valence-corrected chi connectivity index (χ4v) is 3.64. The first-order valence-electron chi connectivity index (χ1n) is 9.77. The number of aryl methyl sites for hydroxylation is 3. The molecule has 1 amide bonds. The Hall–Kier alpha value is -3.29. The smallest absolute Gasteiger partial charge is 0.278 e. The van der Waals surface area contributed by atoms with Crippen molar-refractivity contribution in [2.24, 2.45) is 0 Å². The van der Waals surface area contributed by atoms with Gasteiger partial charge in [0.1, 0.15) is 0 Å². The Labute approximate surface area is 185 Å². The number of ether oxygens (including phenoxy) is 1. The van der Waals surface area contributed by atoms with Crippen LogP contribution >= 0.6 is 11.6 Å². The van der Waals surface area contributed by atoms with E-state index in [0.717, 1.165) is 22.3 Å². The molecule has 0 spiro atoms. The number of nitrogens with one attached hydrogen (secondary N) is 1. The van der Waals surface area contributed by atoms with Gasteiger partial charge < -0.3 is 10.1 Å². The van der Waals surface area contributed by atoms with Gasteiger partial charge in [0.15, 0.2) is 11.3 Å². The molecule has 4 rings (SSSR count). The molecule has 0 atom stereocenters. The average Bonchev–Trinajstić information content (AvgIpc) is 3.10. The second kappa shape index (κ2) is 8.45. The first kappa shape index (κ1) is 21.0. The van der Waals surface area contributed by atoms with Crippen molar-refractivity contribution in [2.45, 2.75) is 27.4 Å². The van der Waals surface area contributed by atoms with Crippen molar-refractivity contribution >= 4 is 28.8 Å². The second-order valence-corrected chi connectivity index (χ2v) is 7.82. The number of halogens is 1. The Morgan fingerprint density at radius 1 is 1.10 bits per heavy atom. The molecule has 2 heterocycles. The van der Waals surface area contributed by atoms with E-state index >= 15 is 0 Å². The largest absolute Gasteiger partial charge is 0.378 e. The average molecular weight is 436 g/mol. The molecule has 0 unspecified atom stereocenters. The summed E-state index contributed by atoms with van der Waals surface area (Å²) in [6, 6.07) is 13.2. The highest BCUT2D eigenvalue weighted by atomic mass is 35.5. The van der Waals surface area contributed by atoms with E-state index in [2.05, 4.69) is 20.6 Å². The van der Waals surface area contributed by atoms with Crippen molar-refractivity contribution in [3.8, 4) is 11.1 Å². The Morgan fingerprint density at radius 3 is 2.61 bits per heavy atom. The summed E-state index contributed by atoms with van der Waals surface area (Å²) in [6.07, 6.45) is 0. The second-order valence-electron chi connectivity index (χ2n) is 7.39. The molecule has 0 fully saturated rings. The summed E-state index contributed by atoms with van der Waals surface area (Å²) in [5.41, 5.74) is 6.60. The van der Waals surface area contributed by atoms with Crippen molar-refractivity contribution in [1.29, 1.82) is 0 Å². The lowest BCUT2D eigenvalue weighted by molar-refractivity contribution is 0.102. The SMILES string of the molecule is COCc1nn2c(C)c(C(=O)Nc3ccc(C)c(C)c3)nnc2c1-c1cccc(Cl)c1. The number of amides is 1. The predicted octanol–water partition coefficient (Wildman–Crippen LogP) is 4.77. The molecule has 0 radical (unpaired) electrons. The number of benzene rings is 2. The van der Waals surface area contributed by atoms with E-state index in [4.69, 9.17) is 16.3 Å². The summed E-state index contributed by atoms with van der Waals surface area (Å²) in [4.78, 5) is 12.9. The predicted molar refractivity (Wildman–Crippen MR) is 121 cm³/mol. The Kier molecular flexibility index (Phi) is 5.71. The molecular formula is C23H22ClN5O2. The molecule has 0 bridgehead atoms. The van der Waals surface area contributed by atoms with E-state index in [0.29, 0.717) is 27.7 Å². The molecule has 7 nitrogen and oxygen atoms in total. The van der Waals surface area contributed by atoms with Crippen molar-refractivity contribution in [1.82, 2.24) is 19.8 Å². The Balaban J connectivity index is 1.78. The lowest BCUT2D eigenvalue weighted by atomic mass is 10.1. The quantitative estimate of drug-likeness (QED) is 0.488. The zero-order chi connectivity index (χ0) is 22.1. The molecule has 4 aromatic rings. The van der Waals surface area contributed by atoms with Gasteiger partial charge in [-0.2, -0.15) is 5.10 Å². The maximum absolute atomic E-state index is 12.9. The molecule has 0 saturated heterocycles. The van der Waals surface area contributed by atoms with E-state index in [9.17, 15) is 4.79 Å². The van der Waals surface area contributed by atoms with Crippen LogP contribution in [0.15, 0.2) is 42.5 Å². The molecule has 8 heteroatoms. The minimum Gasteiger partial charge on any atom is -0.378 e. The highest BCUT2D eigenvalue weighted by Crippen LogP contribution is 2.30. The van der Waals surface area contributed by atoms with Gasteiger partial charge in [-0.3, -0.25) is 4.79 Å². The van der Waals surface area contributed by atoms with Gasteiger partial charge >= 0.3 is 0 Å². The van der Waals surface area contributed by atoms with Crippen LogP contribution in [0.2, 0.25) is 5.02 Å². The lowest BCUT2D eigenvalue weighted by Gasteiger charge is -2.09. The number of rotatable bonds is 5. The first-order chi connectivity index (χ1) is 14.9. The van der Waals surface area contributed by atoms with Gasteiger partial charge in [-0.1, -0.05) is 29.8 Å². The molecule has 2 aromatic heterocycles. The number of aromatic nitrogens is 4. The van der Waals surface area contributed by atoms with Crippen LogP contribution in [-0.2, 0) is 11.3 Å². The number of carbonyl (C=O) groups excluding carboxylic acids is 1. The van der Waals surface area contributed by atoms with E-state index in [1.165, 1.54) is 0 Å². The fraction of sp³-hybridized carbons (Fsp3) is 0.217. The topological polar surface area (TPSA) is 81.4 Å². The van der Waals surface area contributed by atoms with Gasteiger partial charge in [-0.25, -0.2) is 4.52 Å². The molecule has 158 valence electrons. The third kappa shape index (κ3) is 4.02. The van der Waals surface area contributed by atoms with Crippen LogP contribution in [0.25, 0.3) is 16.8 Å². The van der Waals surface area contributed by atoms with Crippen molar-refractivity contribution in [2.75, 3.05) is 12.4 Å². The lowest BCUT2D eigenvalue weighted by Crippen LogP contribution is -2.18. The van der Waals surface area contributed by atoms with Crippen molar-refractivity contribution in [3.05, 3.63) is 75.7 Å². The molecule has 2 aromatic carbocycles. The fourth-order valence-electron chi connectivity index (χ4n) is 3.45. The first-order valence-corrected chi connectivity index (χ1v) is 10.1. The highest BCUT2D eigenvalue weighted by Gasteiger charge is 2.22. The van der Waals surface area contributed by atoms with Gasteiger partial charge in [0, 0.05) is 17.8 Å². The molecule has 0 aliphatic carbocycles. The minimum atomic E-state index is -0.344. The molecule has 0 aliphatic rings. The standard InChI is InChI=1S/C23H22ClN5O2/c1-13-8-9-18(10-14(13)2)25-23(30)21-15(3)29-22(27-26-21)20(19(28-29)12-31-4)16-6-5-7-17(24)11-16/h5-11H,12H2,1-4H3,(H,25,30). The minimum absolute atomic E-state index is 0.204. The molecular weight excluding hydrogens is 414 g/mol. The number of carbonyl (C=O) groups is 1. The summed E-state index contributed by atoms with van der Waals surface area (Å²) in [7, 11) is 1.60. The van der Waals surface area contributed by atoms with Crippen LogP contribution < -0.4 is 5.32 Å². The monoisotopic (exact) mass is 435 g/mol. The maximum atomic E-state index is 12.9. The van der Waals surface area contributed by atoms with Crippen LogP contribution in [0.1, 0.15) is 33.0 Å². The number of hydrogen-bond donors (Lipinski definition) is 1. The number of nitrogens with zero attached hydrogens (tertiary/aromatic N) is 4. The summed E-state index contributed by atoms with van der Waals surface area (Å²) >= 11 is 6.19. The summed E-state index contributed by atoms with van der Waals surface area (Å²) in [6.45, 7) is 6.11. The van der Waals surface area contributed by atoms with Crippen LogP contribution in [0, 0.1) is 20.8 Å². The van der Waals surface area contributed by atoms with E-state index in [1.54, 1.807) is 24.6 Å². The normalized spacial score (nSPS) is 11.1. The van der Waals surface area contributed by atoms with Crippen molar-refractivity contribution in [3.63, 3.8) is 0 Å². The zero-order valence-corrected chi connectivity index (χ0v) is 18.5. The third-order valence-corrected chi connectivity index (χ3v) is 5.45. The van der Waals surface area contributed by atoms with Gasteiger partial charge in [0.25, 0.3) is 5.91 Å². The van der Waals surface area contributed by atoms with Gasteiger partial charge in [-0.15, -0.1) is 10.2 Å². The summed E-state index contributed by atoms with van der Waals surface area (Å²) < 4.78 is 6.96. The zero-order valence-electron chi connectivity index (χ0n) is 17.7. The van der Waals surface area contributed by atoms with Crippen molar-refractivity contribution < 1.29 is 9.53 Å². The molecule has 1 N–H and O–H groups in total. The molecule has 31 heavy (non-hydrogen) atoms. The maximum Gasteiger partial charge on any atom is 0.278 e. The van der Waals surface area contributed by atoms with Crippen LogP contribution in [0.5, 0.6) is 0 Å². The summed E-state index contributed by atoms with van der Waals surface area (Å²) in [5.74, 6) is -0.344. The van der Waals surface area contributed by atoms with Crippen LogP contribution in [0.4, 0.5) is 5.69 Å². The van der Waals surface area contributed by atoms with E-state index in [-0.39, 0.29) is 18.2 Å². The highest BCUT2D eigenvalue weighted by molar-refractivity contribution is 6.30. The number of anilines is 1. The Bertz CT molecular complexity index is 1300. The molecule has 0 aliphatic heterocycles. The van der Waals surface area contributed by atoms with Gasteiger partial charge in [-0.05, 0) is 61.7 Å². The van der Waals surface area contributed by atoms with Gasteiger partial charge in [0.05, 0.1) is 23.6 Å². The van der Waals surface area contributed by atoms with E-state index in [1.807, 2.05) is 50.2 Å². The Morgan fingerprint density at radius 2 is 1.90 bits per heavy atom. The number of fused-ring (bicyclic) bond motifs is 1. The summed E-state index contributed by atoms with van der Waals surface area (Å²) in [5, 5.41) is 16.7. The van der Waals surface area contributed by atoms with Gasteiger partial charge in [0.2, 0.25) is 0 Å². The number of hydrogen-bond acceptors (Lipinski definition) is 5. The van der Waals surface area contributed by atoms with Crippen LogP contribution in [-0.4, -0.2) is 32.8 Å². The number of methoxy groups -OCH3 is 1. The third-order valence-electron chi connectivity index (χ3n) is 5.21.